The van der Waals surface area contributed by atoms with Gasteiger partial charge in [0.15, 0.2) is 10.9 Å². The molecule has 0 atom stereocenters. The highest BCUT2D eigenvalue weighted by molar-refractivity contribution is 7.22. The molecular formula is C27H27FN6O2S. The zero-order chi connectivity index (χ0) is 25.9. The highest BCUT2D eigenvalue weighted by atomic mass is 32.1. The molecule has 0 unspecified atom stereocenters. The number of piperazine rings is 1. The van der Waals surface area contributed by atoms with Gasteiger partial charge in [-0.25, -0.2) is 14.2 Å². The smallest absolute Gasteiger partial charge is 0.321 e. The number of nitrogens with one attached hydrogen (secondary N) is 2. The second kappa shape index (κ2) is 10.6. The lowest BCUT2D eigenvalue weighted by Gasteiger charge is -2.32. The molecule has 10 heteroatoms. The van der Waals surface area contributed by atoms with Crippen LogP contribution >= 0.6 is 11.3 Å². The predicted octanol–water partition coefficient (Wildman–Crippen LogP) is 4.69. The number of hydrogen-bond donors (Lipinski definition) is 2. The van der Waals surface area contributed by atoms with Gasteiger partial charge < -0.3 is 15.1 Å². The van der Waals surface area contributed by atoms with Crippen molar-refractivity contribution in [1.82, 2.24) is 25.1 Å². The van der Waals surface area contributed by atoms with Crippen LogP contribution in [0.1, 0.15) is 17.3 Å². The Morgan fingerprint density at radius 2 is 1.86 bits per heavy atom. The van der Waals surface area contributed by atoms with Gasteiger partial charge in [0, 0.05) is 55.6 Å². The van der Waals surface area contributed by atoms with Gasteiger partial charge in [0.05, 0.1) is 10.4 Å². The number of carbonyl (C=O) groups is 2. The molecule has 3 heterocycles. The van der Waals surface area contributed by atoms with Crippen LogP contribution in [0.5, 0.6) is 0 Å². The molecule has 2 N–H and O–H groups in total. The molecule has 1 saturated heterocycles. The number of hydrogen-bond acceptors (Lipinski definition) is 6. The molecule has 0 saturated carbocycles. The van der Waals surface area contributed by atoms with E-state index < -0.39 is 11.8 Å². The molecule has 0 spiro atoms. The minimum Gasteiger partial charge on any atom is -0.338 e. The van der Waals surface area contributed by atoms with Crippen molar-refractivity contribution in [3.63, 3.8) is 0 Å². The molecule has 0 bridgehead atoms. The van der Waals surface area contributed by atoms with Crippen LogP contribution < -0.4 is 10.6 Å². The standard InChI is InChI=1S/C27H27FN6O2S/c1-3-29-26(36)32-27-31-23-22(28)19(16-20(24(23)37-27)21-9-4-5-10-30-21)17-7-6-8-18(15-17)25(35)34-13-11-33(2)12-14-34/h4-10,15-16H,3,11-14H2,1-2H3,(H2,29,31,32,36). The van der Waals surface area contributed by atoms with Crippen LogP contribution in [-0.2, 0) is 0 Å². The molecule has 0 radical (unpaired) electrons. The second-order valence-electron chi connectivity index (χ2n) is 8.86. The molecule has 2 aromatic heterocycles. The van der Waals surface area contributed by atoms with Crippen molar-refractivity contribution in [3.05, 3.63) is 66.1 Å². The highest BCUT2D eigenvalue weighted by Gasteiger charge is 2.23. The molecular weight excluding hydrogens is 491 g/mol. The van der Waals surface area contributed by atoms with Gasteiger partial charge in [-0.2, -0.15) is 0 Å². The van der Waals surface area contributed by atoms with Crippen LogP contribution in [0.2, 0.25) is 0 Å². The van der Waals surface area contributed by atoms with E-state index >= 15 is 4.39 Å². The Hall–Kier alpha value is -3.89. The van der Waals surface area contributed by atoms with E-state index in [1.54, 1.807) is 36.5 Å². The van der Waals surface area contributed by atoms with E-state index in [1.165, 1.54) is 11.3 Å². The van der Waals surface area contributed by atoms with Gasteiger partial charge in [-0.1, -0.05) is 29.5 Å². The first kappa shape index (κ1) is 24.8. The Labute approximate surface area is 218 Å². The summed E-state index contributed by atoms with van der Waals surface area (Å²) in [6, 6.07) is 13.9. The van der Waals surface area contributed by atoms with Crippen molar-refractivity contribution in [2.75, 3.05) is 45.1 Å². The van der Waals surface area contributed by atoms with Crippen LogP contribution in [0, 0.1) is 5.82 Å². The zero-order valence-electron chi connectivity index (χ0n) is 20.6. The number of benzene rings is 2. The molecule has 8 nitrogen and oxygen atoms in total. The molecule has 1 aliphatic rings. The van der Waals surface area contributed by atoms with Gasteiger partial charge in [-0.3, -0.25) is 15.1 Å². The van der Waals surface area contributed by atoms with Crippen molar-refractivity contribution in [2.24, 2.45) is 0 Å². The number of pyridine rings is 1. The number of thiazole rings is 1. The zero-order valence-corrected chi connectivity index (χ0v) is 21.4. The van der Waals surface area contributed by atoms with Crippen LogP contribution in [0.15, 0.2) is 54.7 Å². The van der Waals surface area contributed by atoms with E-state index in [0.29, 0.717) is 52.3 Å². The first-order valence-electron chi connectivity index (χ1n) is 12.1. The average molecular weight is 519 g/mol. The number of halogens is 1. The van der Waals surface area contributed by atoms with Gasteiger partial charge in [0.1, 0.15) is 5.52 Å². The fourth-order valence-corrected chi connectivity index (χ4v) is 5.32. The Morgan fingerprint density at radius 3 is 2.59 bits per heavy atom. The SMILES string of the molecule is CCNC(=O)Nc1nc2c(F)c(-c3cccc(C(=O)N4CCN(C)CC4)c3)cc(-c3ccccn3)c2s1. The Bertz CT molecular complexity index is 1450. The maximum absolute atomic E-state index is 16.0. The minimum atomic E-state index is -0.515. The number of carbonyl (C=O) groups excluding carboxylic acids is 2. The minimum absolute atomic E-state index is 0.0662. The van der Waals surface area contributed by atoms with Crippen LogP contribution in [0.3, 0.4) is 0 Å². The summed E-state index contributed by atoms with van der Waals surface area (Å²) in [5.74, 6) is -0.581. The number of likely N-dealkylation sites (N-methyl/N-ethyl adjacent to an activating group) is 1. The van der Waals surface area contributed by atoms with Crippen LogP contribution in [0.25, 0.3) is 32.6 Å². The number of amides is 3. The summed E-state index contributed by atoms with van der Waals surface area (Å²) in [6.45, 7) is 5.22. The summed E-state index contributed by atoms with van der Waals surface area (Å²) in [6.07, 6.45) is 1.68. The lowest BCUT2D eigenvalue weighted by atomic mass is 9.98. The van der Waals surface area contributed by atoms with E-state index in [2.05, 4.69) is 25.5 Å². The van der Waals surface area contributed by atoms with E-state index in [4.69, 9.17) is 0 Å². The van der Waals surface area contributed by atoms with E-state index in [0.717, 1.165) is 13.1 Å². The normalized spacial score (nSPS) is 14.1. The summed E-state index contributed by atoms with van der Waals surface area (Å²) in [4.78, 5) is 38.1. The summed E-state index contributed by atoms with van der Waals surface area (Å²) < 4.78 is 16.6. The quantitative estimate of drug-likeness (QED) is 0.400. The number of aromatic nitrogens is 2. The molecule has 37 heavy (non-hydrogen) atoms. The molecule has 1 aliphatic heterocycles. The van der Waals surface area contributed by atoms with Gasteiger partial charge >= 0.3 is 6.03 Å². The van der Waals surface area contributed by atoms with Gasteiger partial charge in [0.2, 0.25) is 0 Å². The number of fused-ring (bicyclic) bond motifs is 1. The maximum atomic E-state index is 16.0. The van der Waals surface area contributed by atoms with Gasteiger partial charge in [-0.05, 0) is 49.9 Å². The monoisotopic (exact) mass is 518 g/mol. The van der Waals surface area contributed by atoms with E-state index in [1.807, 2.05) is 37.1 Å². The van der Waals surface area contributed by atoms with Crippen molar-refractivity contribution >= 4 is 38.6 Å². The number of rotatable bonds is 5. The summed E-state index contributed by atoms with van der Waals surface area (Å²) in [5, 5.41) is 5.62. The van der Waals surface area contributed by atoms with Crippen molar-refractivity contribution < 1.29 is 14.0 Å². The number of urea groups is 1. The van der Waals surface area contributed by atoms with Gasteiger partial charge in [0.25, 0.3) is 5.91 Å². The first-order chi connectivity index (χ1) is 17.9. The fraction of sp³-hybridized carbons (Fsp3) is 0.259. The molecule has 4 aromatic rings. The molecule has 190 valence electrons. The fourth-order valence-electron chi connectivity index (χ4n) is 4.34. The topological polar surface area (TPSA) is 90.5 Å². The number of nitrogens with zero attached hydrogens (tertiary/aromatic N) is 4. The Balaban J connectivity index is 1.59. The van der Waals surface area contributed by atoms with Crippen LogP contribution in [-0.4, -0.2) is 71.5 Å². The lowest BCUT2D eigenvalue weighted by molar-refractivity contribution is 0.0664. The largest absolute Gasteiger partial charge is 0.338 e. The van der Waals surface area contributed by atoms with Gasteiger partial charge in [-0.15, -0.1) is 0 Å². The third-order valence-electron chi connectivity index (χ3n) is 6.31. The van der Waals surface area contributed by atoms with Crippen molar-refractivity contribution in [1.29, 1.82) is 0 Å². The van der Waals surface area contributed by atoms with Crippen molar-refractivity contribution in [2.45, 2.75) is 6.92 Å². The predicted molar refractivity (Wildman–Crippen MR) is 144 cm³/mol. The van der Waals surface area contributed by atoms with E-state index in [9.17, 15) is 9.59 Å². The molecule has 5 rings (SSSR count). The summed E-state index contributed by atoms with van der Waals surface area (Å²) in [7, 11) is 2.04. The maximum Gasteiger partial charge on any atom is 0.321 e. The molecule has 1 fully saturated rings. The Kier molecular flexibility index (Phi) is 7.11. The average Bonchev–Trinajstić information content (AvgIpc) is 3.34. The highest BCUT2D eigenvalue weighted by Crippen LogP contribution is 2.40. The number of anilines is 1. The second-order valence-corrected chi connectivity index (χ2v) is 9.86. The molecule has 3 amide bonds. The lowest BCUT2D eigenvalue weighted by Crippen LogP contribution is -2.47. The Morgan fingerprint density at radius 1 is 1.05 bits per heavy atom. The third-order valence-corrected chi connectivity index (χ3v) is 7.32. The first-order valence-corrected chi connectivity index (χ1v) is 12.9. The van der Waals surface area contributed by atoms with E-state index in [-0.39, 0.29) is 16.6 Å². The molecule has 0 aliphatic carbocycles. The summed E-state index contributed by atoms with van der Waals surface area (Å²) >= 11 is 1.19. The van der Waals surface area contributed by atoms with Crippen molar-refractivity contribution in [3.8, 4) is 22.4 Å². The third kappa shape index (κ3) is 5.16. The molecule has 2 aromatic carbocycles. The van der Waals surface area contributed by atoms with Crippen LogP contribution in [0.4, 0.5) is 14.3 Å². The summed E-state index contributed by atoms with van der Waals surface area (Å²) in [5.41, 5.74) is 2.90.